The molecule has 3 heteroatoms. The fraction of sp³-hybridized carbons (Fsp3) is 0.733. The van der Waals surface area contributed by atoms with E-state index in [-0.39, 0.29) is 0 Å². The van der Waals surface area contributed by atoms with Crippen molar-refractivity contribution in [1.82, 2.24) is 5.32 Å². The number of rotatable bonds is 8. The summed E-state index contributed by atoms with van der Waals surface area (Å²) in [6.45, 7) is 10.1. The minimum atomic E-state index is 0.522. The molecule has 0 aliphatic heterocycles. The Kier molecular flexibility index (Phi) is 7.50. The van der Waals surface area contributed by atoms with Gasteiger partial charge in [0.1, 0.15) is 0 Å². The van der Waals surface area contributed by atoms with Crippen molar-refractivity contribution in [2.45, 2.75) is 59.4 Å². The molecule has 1 aromatic heterocycles. The zero-order valence-electron chi connectivity index (χ0n) is 12.1. The van der Waals surface area contributed by atoms with E-state index in [2.05, 4.69) is 55.0 Å². The van der Waals surface area contributed by atoms with E-state index in [1.54, 1.807) is 0 Å². The van der Waals surface area contributed by atoms with Crippen molar-refractivity contribution in [3.63, 3.8) is 0 Å². The van der Waals surface area contributed by atoms with E-state index < -0.39 is 0 Å². The van der Waals surface area contributed by atoms with E-state index >= 15 is 0 Å². The Labute approximate surface area is 125 Å². The van der Waals surface area contributed by atoms with Gasteiger partial charge in [0.15, 0.2) is 0 Å². The summed E-state index contributed by atoms with van der Waals surface area (Å²) >= 11 is 5.47. The maximum absolute atomic E-state index is 3.70. The highest BCUT2D eigenvalue weighted by Gasteiger charge is 2.23. The van der Waals surface area contributed by atoms with Gasteiger partial charge in [0.2, 0.25) is 0 Å². The Morgan fingerprint density at radius 3 is 2.50 bits per heavy atom. The van der Waals surface area contributed by atoms with E-state index in [1.807, 2.05) is 11.3 Å². The number of nitrogens with one attached hydrogen (secondary N) is 1. The normalized spacial score (nSPS) is 14.7. The first-order valence-electron chi connectivity index (χ1n) is 7.13. The molecule has 1 heterocycles. The van der Waals surface area contributed by atoms with Crippen LogP contribution in [-0.2, 0) is 0 Å². The van der Waals surface area contributed by atoms with Crippen LogP contribution in [0.4, 0.5) is 0 Å². The van der Waals surface area contributed by atoms with Crippen LogP contribution in [0.5, 0.6) is 0 Å². The van der Waals surface area contributed by atoms with Crippen LogP contribution < -0.4 is 5.32 Å². The number of hydrogen-bond acceptors (Lipinski definition) is 2. The lowest BCUT2D eigenvalue weighted by Crippen LogP contribution is -2.28. The molecule has 0 radical (unpaired) electrons. The molecule has 0 saturated carbocycles. The summed E-state index contributed by atoms with van der Waals surface area (Å²) in [5.74, 6) is 0.755. The van der Waals surface area contributed by atoms with Gasteiger partial charge >= 0.3 is 0 Å². The topological polar surface area (TPSA) is 12.0 Å². The number of unbranched alkanes of at least 4 members (excludes halogenated alkanes) is 1. The maximum Gasteiger partial charge on any atom is 0.0704 e. The van der Waals surface area contributed by atoms with Gasteiger partial charge in [-0.2, -0.15) is 0 Å². The van der Waals surface area contributed by atoms with Crippen LogP contribution in [0.15, 0.2) is 9.85 Å². The van der Waals surface area contributed by atoms with Gasteiger partial charge < -0.3 is 5.32 Å². The maximum atomic E-state index is 3.70. The Hall–Kier alpha value is 0.140. The molecule has 104 valence electrons. The minimum Gasteiger partial charge on any atom is -0.310 e. The summed E-state index contributed by atoms with van der Waals surface area (Å²) in [7, 11) is 0. The third-order valence-corrected chi connectivity index (χ3v) is 5.18. The molecular weight excluding hydrogens is 306 g/mol. The van der Waals surface area contributed by atoms with Gasteiger partial charge in [0, 0.05) is 10.9 Å². The molecule has 0 aliphatic rings. The molecule has 0 amide bonds. The first kappa shape index (κ1) is 16.2. The molecule has 0 aliphatic carbocycles. The predicted octanol–water partition coefficient (Wildman–Crippen LogP) is 5.69. The number of hydrogen-bond donors (Lipinski definition) is 1. The van der Waals surface area contributed by atoms with Crippen LogP contribution in [0, 0.1) is 12.8 Å². The molecule has 0 saturated heterocycles. The van der Waals surface area contributed by atoms with Gasteiger partial charge in [-0.1, -0.05) is 40.0 Å². The van der Waals surface area contributed by atoms with Crippen molar-refractivity contribution >= 4 is 27.3 Å². The molecule has 18 heavy (non-hydrogen) atoms. The molecule has 2 unspecified atom stereocenters. The molecule has 1 rings (SSSR count). The second kappa shape index (κ2) is 8.34. The van der Waals surface area contributed by atoms with Crippen molar-refractivity contribution in [2.24, 2.45) is 5.92 Å². The van der Waals surface area contributed by atoms with Gasteiger partial charge in [-0.3, -0.25) is 0 Å². The lowest BCUT2D eigenvalue weighted by molar-refractivity contribution is 0.327. The number of halogens is 1. The first-order valence-corrected chi connectivity index (χ1v) is 8.74. The summed E-state index contributed by atoms with van der Waals surface area (Å²) < 4.78 is 1.25. The van der Waals surface area contributed by atoms with Crippen molar-refractivity contribution < 1.29 is 0 Å². The largest absolute Gasteiger partial charge is 0.310 e. The lowest BCUT2D eigenvalue weighted by atomic mass is 9.87. The third kappa shape index (κ3) is 4.36. The summed E-state index contributed by atoms with van der Waals surface area (Å²) in [5, 5.41) is 3.70. The summed E-state index contributed by atoms with van der Waals surface area (Å²) in [5.41, 5.74) is 1.50. The SMILES string of the molecule is CCCCC(CC)C(NCC)c1cc(Br)sc1C. The van der Waals surface area contributed by atoms with Gasteiger partial charge in [-0.25, -0.2) is 0 Å². The Morgan fingerprint density at radius 2 is 2.06 bits per heavy atom. The van der Waals surface area contributed by atoms with E-state index in [9.17, 15) is 0 Å². The van der Waals surface area contributed by atoms with Gasteiger partial charge in [-0.15, -0.1) is 11.3 Å². The Balaban J connectivity index is 2.88. The Morgan fingerprint density at radius 1 is 1.33 bits per heavy atom. The van der Waals surface area contributed by atoms with Gasteiger partial charge in [0.05, 0.1) is 3.79 Å². The van der Waals surface area contributed by atoms with Crippen molar-refractivity contribution in [3.05, 3.63) is 20.3 Å². The van der Waals surface area contributed by atoms with E-state index in [1.165, 1.54) is 39.9 Å². The van der Waals surface area contributed by atoms with Crippen LogP contribution in [0.3, 0.4) is 0 Å². The highest BCUT2D eigenvalue weighted by molar-refractivity contribution is 9.11. The molecule has 0 bridgehead atoms. The van der Waals surface area contributed by atoms with Crippen LogP contribution >= 0.6 is 27.3 Å². The second-order valence-electron chi connectivity index (χ2n) is 4.91. The molecule has 1 nitrogen and oxygen atoms in total. The third-order valence-electron chi connectivity index (χ3n) is 3.61. The average molecular weight is 332 g/mol. The van der Waals surface area contributed by atoms with E-state index in [4.69, 9.17) is 0 Å². The Bertz CT molecular complexity index is 348. The zero-order chi connectivity index (χ0) is 13.5. The summed E-state index contributed by atoms with van der Waals surface area (Å²) in [6.07, 6.45) is 5.22. The molecule has 1 aromatic rings. The molecule has 0 spiro atoms. The molecule has 2 atom stereocenters. The van der Waals surface area contributed by atoms with Gasteiger partial charge in [0.25, 0.3) is 0 Å². The zero-order valence-corrected chi connectivity index (χ0v) is 14.5. The molecule has 0 aromatic carbocycles. The first-order chi connectivity index (χ1) is 8.63. The molecule has 1 N–H and O–H groups in total. The minimum absolute atomic E-state index is 0.522. The summed E-state index contributed by atoms with van der Waals surface area (Å²) in [4.78, 5) is 1.45. The van der Waals surface area contributed by atoms with Crippen LogP contribution in [0.25, 0.3) is 0 Å². The van der Waals surface area contributed by atoms with Gasteiger partial charge in [-0.05, 0) is 53.4 Å². The van der Waals surface area contributed by atoms with E-state index in [0.29, 0.717) is 6.04 Å². The predicted molar refractivity (Wildman–Crippen MR) is 86.5 cm³/mol. The molecule has 0 fully saturated rings. The van der Waals surface area contributed by atoms with Crippen molar-refractivity contribution in [1.29, 1.82) is 0 Å². The highest BCUT2D eigenvalue weighted by atomic mass is 79.9. The quantitative estimate of drug-likeness (QED) is 0.645. The monoisotopic (exact) mass is 331 g/mol. The highest BCUT2D eigenvalue weighted by Crippen LogP contribution is 2.36. The van der Waals surface area contributed by atoms with Crippen LogP contribution in [0.2, 0.25) is 0 Å². The summed E-state index contributed by atoms with van der Waals surface area (Å²) in [6, 6.07) is 2.83. The van der Waals surface area contributed by atoms with Crippen molar-refractivity contribution in [3.8, 4) is 0 Å². The lowest BCUT2D eigenvalue weighted by Gasteiger charge is -2.27. The standard InChI is InChI=1S/C15H26BrNS/c1-5-8-9-12(6-2)15(17-7-3)13-10-14(16)18-11(13)4/h10,12,15,17H,5-9H2,1-4H3. The second-order valence-corrected chi connectivity index (χ2v) is 7.54. The van der Waals surface area contributed by atoms with Crippen LogP contribution in [-0.4, -0.2) is 6.54 Å². The number of thiophene rings is 1. The van der Waals surface area contributed by atoms with Crippen LogP contribution in [0.1, 0.15) is 62.9 Å². The smallest absolute Gasteiger partial charge is 0.0704 e. The average Bonchev–Trinajstić information content (AvgIpc) is 2.67. The van der Waals surface area contributed by atoms with E-state index in [0.717, 1.165) is 12.5 Å². The number of aryl methyl sites for hydroxylation is 1. The molecular formula is C15H26BrNS. The fourth-order valence-electron chi connectivity index (χ4n) is 2.59. The fourth-order valence-corrected chi connectivity index (χ4v) is 4.35. The van der Waals surface area contributed by atoms with Crippen molar-refractivity contribution in [2.75, 3.05) is 6.54 Å².